The van der Waals surface area contributed by atoms with E-state index in [4.69, 9.17) is 9.84 Å². The second-order valence-corrected chi connectivity index (χ2v) is 12.7. The number of nitrogens with zero attached hydrogens (tertiary/aromatic N) is 2. The van der Waals surface area contributed by atoms with Gasteiger partial charge < -0.3 is 19.6 Å². The van der Waals surface area contributed by atoms with E-state index in [0.29, 0.717) is 26.1 Å². The summed E-state index contributed by atoms with van der Waals surface area (Å²) in [6, 6.07) is 9.18. The lowest BCUT2D eigenvalue weighted by molar-refractivity contribution is -0.154. The Morgan fingerprint density at radius 1 is 1.16 bits per heavy atom. The van der Waals surface area contributed by atoms with Crippen LogP contribution in [0.5, 0.6) is 0 Å². The minimum atomic E-state index is -0.665. The molecule has 1 N–H and O–H groups in total. The predicted molar refractivity (Wildman–Crippen MR) is 149 cm³/mol. The van der Waals surface area contributed by atoms with E-state index in [9.17, 15) is 14.4 Å². The number of benzene rings is 1. The number of esters is 1. The van der Waals surface area contributed by atoms with Crippen molar-refractivity contribution in [1.82, 2.24) is 9.80 Å². The third-order valence-electron chi connectivity index (χ3n) is 8.29. The van der Waals surface area contributed by atoms with Gasteiger partial charge in [-0.1, -0.05) is 61.9 Å². The summed E-state index contributed by atoms with van der Waals surface area (Å²) >= 11 is 1.66. The van der Waals surface area contributed by atoms with Crippen molar-refractivity contribution < 1.29 is 24.2 Å². The maximum absolute atomic E-state index is 14.4. The molecule has 1 spiro atoms. The molecule has 1 aromatic rings. The fraction of sp³-hybridized carbons (Fsp3) is 0.567. The van der Waals surface area contributed by atoms with Crippen molar-refractivity contribution in [3.05, 3.63) is 61.2 Å². The van der Waals surface area contributed by atoms with Crippen LogP contribution in [0.15, 0.2) is 55.6 Å². The van der Waals surface area contributed by atoms with Gasteiger partial charge in [0.15, 0.2) is 0 Å². The van der Waals surface area contributed by atoms with E-state index in [1.807, 2.05) is 37.3 Å². The van der Waals surface area contributed by atoms with Gasteiger partial charge in [-0.25, -0.2) is 0 Å². The maximum atomic E-state index is 14.4. The van der Waals surface area contributed by atoms with Gasteiger partial charge in [-0.05, 0) is 38.2 Å². The number of ether oxygens (including phenoxy) is 1. The lowest BCUT2D eigenvalue weighted by Gasteiger charge is -2.37. The molecule has 38 heavy (non-hydrogen) atoms. The van der Waals surface area contributed by atoms with E-state index in [0.717, 1.165) is 37.7 Å². The highest BCUT2D eigenvalue weighted by Crippen LogP contribution is 2.71. The Bertz CT molecular complexity index is 1050. The number of likely N-dealkylation sites (tertiary alicyclic amines) is 1. The summed E-state index contributed by atoms with van der Waals surface area (Å²) in [6.45, 7) is 11.1. The Hall–Kier alpha value is -2.58. The summed E-state index contributed by atoms with van der Waals surface area (Å²) in [5, 5.41) is 9.14. The van der Waals surface area contributed by atoms with E-state index >= 15 is 0 Å². The highest BCUT2D eigenvalue weighted by atomic mass is 32.2. The van der Waals surface area contributed by atoms with E-state index in [1.54, 1.807) is 27.6 Å². The number of carbonyl (C=O) groups excluding carboxylic acids is 3. The molecule has 0 saturated carbocycles. The van der Waals surface area contributed by atoms with Crippen LogP contribution in [-0.4, -0.2) is 74.5 Å². The number of aliphatic hydroxyl groups excluding tert-OH is 1. The molecule has 3 saturated heterocycles. The van der Waals surface area contributed by atoms with E-state index in [2.05, 4.69) is 13.2 Å². The lowest BCUT2D eigenvalue weighted by atomic mass is 9.66. The minimum absolute atomic E-state index is 0.0863. The normalized spacial score (nSPS) is 29.3. The van der Waals surface area contributed by atoms with Gasteiger partial charge in [0, 0.05) is 31.0 Å². The predicted octanol–water partition coefficient (Wildman–Crippen LogP) is 3.96. The minimum Gasteiger partial charge on any atom is -0.461 e. The molecule has 2 bridgehead atoms. The first-order valence-corrected chi connectivity index (χ1v) is 14.5. The first-order valence-electron chi connectivity index (χ1n) is 13.7. The Labute approximate surface area is 230 Å². The first-order chi connectivity index (χ1) is 18.3. The zero-order chi connectivity index (χ0) is 27.3. The van der Waals surface area contributed by atoms with Gasteiger partial charge in [0.05, 0.1) is 16.6 Å². The second-order valence-electron chi connectivity index (χ2n) is 10.8. The van der Waals surface area contributed by atoms with Crippen LogP contribution in [0, 0.1) is 11.8 Å². The molecule has 3 fully saturated rings. The third-order valence-corrected chi connectivity index (χ3v) is 10.3. The topological polar surface area (TPSA) is 87.1 Å². The fourth-order valence-corrected chi connectivity index (χ4v) is 8.99. The van der Waals surface area contributed by atoms with Gasteiger partial charge in [-0.2, -0.15) is 0 Å². The summed E-state index contributed by atoms with van der Waals surface area (Å²) in [4.78, 5) is 45.4. The molecule has 5 atom stereocenters. The van der Waals surface area contributed by atoms with E-state index in [1.165, 1.54) is 6.08 Å². The molecule has 206 valence electrons. The highest BCUT2D eigenvalue weighted by molar-refractivity contribution is 8.02. The summed E-state index contributed by atoms with van der Waals surface area (Å²) in [6.07, 6.45) is 7.91. The molecule has 0 aromatic heterocycles. The number of hydrogen-bond acceptors (Lipinski definition) is 6. The number of unbranched alkanes of at least 4 members (excludes halogenated alkanes) is 3. The number of aliphatic hydroxyl groups is 1. The quantitative estimate of drug-likeness (QED) is 0.218. The third kappa shape index (κ3) is 5.17. The van der Waals surface area contributed by atoms with Crippen molar-refractivity contribution in [3.63, 3.8) is 0 Å². The molecule has 7 nitrogen and oxygen atoms in total. The number of rotatable bonds is 14. The van der Waals surface area contributed by atoms with Gasteiger partial charge in [0.25, 0.3) is 0 Å². The Morgan fingerprint density at radius 2 is 1.89 bits per heavy atom. The van der Waals surface area contributed by atoms with Crippen molar-refractivity contribution in [2.45, 2.75) is 67.5 Å². The van der Waals surface area contributed by atoms with Crippen molar-refractivity contribution >= 4 is 29.5 Å². The molecule has 3 aliphatic heterocycles. The smallest absolute Gasteiger partial charge is 0.311 e. The van der Waals surface area contributed by atoms with Crippen molar-refractivity contribution in [2.75, 3.05) is 26.3 Å². The number of thioether (sulfide) groups is 1. The molecular weight excluding hydrogens is 500 g/mol. The average Bonchev–Trinajstić information content (AvgIpc) is 3.48. The van der Waals surface area contributed by atoms with Crippen LogP contribution in [0.4, 0.5) is 0 Å². The maximum Gasteiger partial charge on any atom is 0.311 e. The van der Waals surface area contributed by atoms with Gasteiger partial charge >= 0.3 is 5.97 Å². The van der Waals surface area contributed by atoms with Gasteiger partial charge in [0.1, 0.15) is 12.6 Å². The largest absolute Gasteiger partial charge is 0.461 e. The average molecular weight is 541 g/mol. The lowest BCUT2D eigenvalue weighted by Crippen LogP contribution is -2.54. The van der Waals surface area contributed by atoms with Crippen LogP contribution in [0.3, 0.4) is 0 Å². The number of amides is 2. The van der Waals surface area contributed by atoms with Crippen molar-refractivity contribution in [3.8, 4) is 0 Å². The SMILES string of the molecule is C=CCOC(=O)[C@H]1[C@H]2C(=O)N(CCCCCCO)C(C(=O)N(CC=C)Cc3ccccc3)C23CC[C@]1(C)S3. The van der Waals surface area contributed by atoms with E-state index < -0.39 is 27.4 Å². The van der Waals surface area contributed by atoms with Gasteiger partial charge in [-0.3, -0.25) is 14.4 Å². The molecule has 0 radical (unpaired) electrons. The molecule has 1 aromatic carbocycles. The molecule has 2 amide bonds. The standard InChI is InChI=1S/C30H40N2O5S/c1-4-17-31(21-22-13-9-8-10-14-22)27(35)25-30-16-15-29(3,38-30)24(28(36)37-20-5-2)23(30)26(34)32(25)18-11-6-7-12-19-33/h4-5,8-10,13-14,23-25,33H,1-2,6-7,11-12,15-21H2,3H3/t23-,24+,25?,29-,30?/m0/s1. The van der Waals surface area contributed by atoms with Crippen molar-refractivity contribution in [1.29, 1.82) is 0 Å². The monoisotopic (exact) mass is 540 g/mol. The van der Waals surface area contributed by atoms with Gasteiger partial charge in [0.2, 0.25) is 11.8 Å². The van der Waals surface area contributed by atoms with Crippen LogP contribution in [-0.2, 0) is 25.7 Å². The summed E-state index contributed by atoms with van der Waals surface area (Å²) in [5.74, 6) is -1.75. The highest BCUT2D eigenvalue weighted by Gasteiger charge is 2.77. The molecule has 8 heteroatoms. The number of hydrogen-bond donors (Lipinski definition) is 1. The summed E-state index contributed by atoms with van der Waals surface area (Å²) in [5.41, 5.74) is 1.01. The van der Waals surface area contributed by atoms with Crippen LogP contribution >= 0.6 is 11.8 Å². The summed E-state index contributed by atoms with van der Waals surface area (Å²) < 4.78 is 4.38. The van der Waals surface area contributed by atoms with Gasteiger partial charge in [-0.15, -0.1) is 18.3 Å². The molecular formula is C30H40N2O5S. The molecule has 3 heterocycles. The number of carbonyl (C=O) groups is 3. The van der Waals surface area contributed by atoms with Crippen LogP contribution in [0.2, 0.25) is 0 Å². The zero-order valence-electron chi connectivity index (χ0n) is 22.3. The Balaban J connectivity index is 1.68. The second kappa shape index (κ2) is 12.1. The Morgan fingerprint density at radius 3 is 2.58 bits per heavy atom. The molecule has 0 aliphatic carbocycles. The zero-order valence-corrected chi connectivity index (χ0v) is 23.2. The molecule has 4 rings (SSSR count). The summed E-state index contributed by atoms with van der Waals surface area (Å²) in [7, 11) is 0. The van der Waals surface area contributed by atoms with E-state index in [-0.39, 0.29) is 31.0 Å². The molecule has 3 aliphatic rings. The first kappa shape index (κ1) is 28.4. The Kier molecular flexibility index (Phi) is 9.04. The molecule has 2 unspecified atom stereocenters. The fourth-order valence-electron chi connectivity index (χ4n) is 6.65. The van der Waals surface area contributed by atoms with Crippen LogP contribution < -0.4 is 0 Å². The van der Waals surface area contributed by atoms with Crippen LogP contribution in [0.1, 0.15) is 51.0 Å². The van der Waals surface area contributed by atoms with Crippen molar-refractivity contribution in [2.24, 2.45) is 11.8 Å². The van der Waals surface area contributed by atoms with Crippen LogP contribution in [0.25, 0.3) is 0 Å². The number of fused-ring (bicyclic) bond motifs is 1.